The highest BCUT2D eigenvalue weighted by molar-refractivity contribution is 5.80. The highest BCUT2D eigenvalue weighted by atomic mass is 16.3. The average molecular weight is 374 g/mol. The van der Waals surface area contributed by atoms with Crippen LogP contribution in [0.3, 0.4) is 0 Å². The summed E-state index contributed by atoms with van der Waals surface area (Å²) in [5.41, 5.74) is 0.978. The number of phenolic OH excluding ortho intramolecular Hbond substituents is 1. The Bertz CT molecular complexity index is 469. The minimum absolute atomic E-state index is 0.307. The topological polar surface area (TPSA) is 32.6 Å². The zero-order valence-electron chi connectivity index (χ0n) is 17.8. The van der Waals surface area contributed by atoms with Crippen LogP contribution in [0.5, 0.6) is 5.75 Å². The number of benzene rings is 1. The third-order valence-electron chi connectivity index (χ3n) is 5.25. The predicted octanol–water partition coefficient (Wildman–Crippen LogP) is 8.07. The lowest BCUT2D eigenvalue weighted by Crippen LogP contribution is -1.86. The maximum absolute atomic E-state index is 9.40. The van der Waals surface area contributed by atoms with Gasteiger partial charge in [0.05, 0.1) is 0 Å². The Morgan fingerprint density at radius 3 is 1.67 bits per heavy atom. The smallest absolute Gasteiger partial charge is 0.116 e. The van der Waals surface area contributed by atoms with Crippen LogP contribution in [0.15, 0.2) is 29.3 Å². The largest absolute Gasteiger partial charge is 0.508 e. The van der Waals surface area contributed by atoms with Crippen LogP contribution in [0.25, 0.3) is 0 Å². The van der Waals surface area contributed by atoms with Gasteiger partial charge in [-0.1, -0.05) is 115 Å². The van der Waals surface area contributed by atoms with Gasteiger partial charge in [-0.05, 0) is 24.1 Å². The maximum Gasteiger partial charge on any atom is 0.116 e. The molecule has 154 valence electrons. The normalized spacial score (nSPS) is 11.4. The number of aromatic hydroxyl groups is 1. The molecule has 0 amide bonds. The second-order valence-electron chi connectivity index (χ2n) is 7.93. The maximum atomic E-state index is 9.40. The minimum atomic E-state index is 0.307. The quantitative estimate of drug-likeness (QED) is 0.205. The van der Waals surface area contributed by atoms with E-state index in [9.17, 15) is 5.11 Å². The molecule has 0 aromatic heterocycles. The van der Waals surface area contributed by atoms with Crippen molar-refractivity contribution in [2.45, 2.75) is 110 Å². The van der Waals surface area contributed by atoms with E-state index in [1.165, 1.54) is 103 Å². The molecule has 0 aliphatic carbocycles. The first-order valence-corrected chi connectivity index (χ1v) is 11.6. The summed E-state index contributed by atoms with van der Waals surface area (Å²) >= 11 is 0. The lowest BCUT2D eigenvalue weighted by molar-refractivity contribution is 0.475. The molecule has 1 rings (SSSR count). The van der Waals surface area contributed by atoms with E-state index in [0.717, 1.165) is 12.1 Å². The van der Waals surface area contributed by atoms with Gasteiger partial charge < -0.3 is 5.11 Å². The van der Waals surface area contributed by atoms with Crippen molar-refractivity contribution < 1.29 is 5.11 Å². The standard InChI is InChI=1S/C25H43NO/c1-2-3-4-5-6-7-8-9-10-11-12-13-14-15-16-17-21-26-23-24-19-18-20-25(27)22-24/h18-20,22-23,27H,2-17,21H2,1H3. The minimum Gasteiger partial charge on any atom is -0.508 e. The van der Waals surface area contributed by atoms with Gasteiger partial charge in [0, 0.05) is 12.8 Å². The number of hydrogen-bond donors (Lipinski definition) is 1. The molecule has 1 aromatic carbocycles. The molecule has 0 radical (unpaired) electrons. The molecule has 2 nitrogen and oxygen atoms in total. The van der Waals surface area contributed by atoms with Crippen LogP contribution < -0.4 is 0 Å². The molecule has 1 N–H and O–H groups in total. The fraction of sp³-hybridized carbons (Fsp3) is 0.720. The fourth-order valence-corrected chi connectivity index (χ4v) is 3.53. The lowest BCUT2D eigenvalue weighted by atomic mass is 10.0. The van der Waals surface area contributed by atoms with Crippen LogP contribution >= 0.6 is 0 Å². The number of nitrogens with zero attached hydrogens (tertiary/aromatic N) is 1. The molecular formula is C25H43NO. The van der Waals surface area contributed by atoms with E-state index >= 15 is 0 Å². The van der Waals surface area contributed by atoms with Crippen molar-refractivity contribution in [2.75, 3.05) is 6.54 Å². The van der Waals surface area contributed by atoms with E-state index in [1.807, 2.05) is 18.3 Å². The molecule has 0 spiro atoms. The molecule has 0 unspecified atom stereocenters. The average Bonchev–Trinajstić information content (AvgIpc) is 2.67. The summed E-state index contributed by atoms with van der Waals surface area (Å²) in [5.74, 6) is 0.307. The van der Waals surface area contributed by atoms with Gasteiger partial charge in [-0.15, -0.1) is 0 Å². The zero-order chi connectivity index (χ0) is 19.4. The molecule has 1 aromatic rings. The Kier molecular flexibility index (Phi) is 15.9. The summed E-state index contributed by atoms with van der Waals surface area (Å²) in [7, 11) is 0. The first kappa shape index (κ1) is 23.7. The highest BCUT2D eigenvalue weighted by Crippen LogP contribution is 2.14. The van der Waals surface area contributed by atoms with E-state index in [4.69, 9.17) is 0 Å². The van der Waals surface area contributed by atoms with Crippen molar-refractivity contribution in [3.8, 4) is 5.75 Å². The predicted molar refractivity (Wildman–Crippen MR) is 120 cm³/mol. The van der Waals surface area contributed by atoms with Crippen molar-refractivity contribution in [2.24, 2.45) is 4.99 Å². The Hall–Kier alpha value is -1.31. The third kappa shape index (κ3) is 15.4. The van der Waals surface area contributed by atoms with Gasteiger partial charge in [-0.25, -0.2) is 0 Å². The molecule has 0 saturated carbocycles. The van der Waals surface area contributed by atoms with Crippen LogP contribution in [-0.4, -0.2) is 17.9 Å². The van der Waals surface area contributed by atoms with Crippen LogP contribution in [0, 0.1) is 0 Å². The van der Waals surface area contributed by atoms with Gasteiger partial charge in [0.1, 0.15) is 5.75 Å². The van der Waals surface area contributed by atoms with Gasteiger partial charge >= 0.3 is 0 Å². The van der Waals surface area contributed by atoms with Gasteiger partial charge in [-0.2, -0.15) is 0 Å². The van der Waals surface area contributed by atoms with Crippen LogP contribution in [0.1, 0.15) is 115 Å². The van der Waals surface area contributed by atoms with E-state index in [1.54, 1.807) is 12.1 Å². The number of hydrogen-bond acceptors (Lipinski definition) is 2. The van der Waals surface area contributed by atoms with Crippen molar-refractivity contribution in [1.29, 1.82) is 0 Å². The van der Waals surface area contributed by atoms with Crippen molar-refractivity contribution in [3.05, 3.63) is 29.8 Å². The summed E-state index contributed by atoms with van der Waals surface area (Å²) in [5, 5.41) is 9.40. The summed E-state index contributed by atoms with van der Waals surface area (Å²) in [6, 6.07) is 7.26. The van der Waals surface area contributed by atoms with Gasteiger partial charge in [0.25, 0.3) is 0 Å². The third-order valence-corrected chi connectivity index (χ3v) is 5.25. The SMILES string of the molecule is CCCCCCCCCCCCCCCCCCN=Cc1cccc(O)c1. The lowest BCUT2D eigenvalue weighted by Gasteiger charge is -2.03. The Morgan fingerprint density at radius 2 is 1.19 bits per heavy atom. The highest BCUT2D eigenvalue weighted by Gasteiger charge is 1.95. The van der Waals surface area contributed by atoms with Gasteiger partial charge in [0.15, 0.2) is 0 Å². The van der Waals surface area contributed by atoms with E-state index in [0.29, 0.717) is 5.75 Å². The Labute approximate surface area is 168 Å². The molecule has 2 heteroatoms. The number of unbranched alkanes of at least 4 members (excludes halogenated alkanes) is 15. The van der Waals surface area contributed by atoms with Gasteiger partial charge in [-0.3, -0.25) is 4.99 Å². The van der Waals surface area contributed by atoms with Gasteiger partial charge in [0.2, 0.25) is 0 Å². The van der Waals surface area contributed by atoms with E-state index in [2.05, 4.69) is 11.9 Å². The second kappa shape index (κ2) is 18.1. The van der Waals surface area contributed by atoms with Crippen LogP contribution in [0.4, 0.5) is 0 Å². The number of aliphatic imine (C=N–C) groups is 1. The molecule has 0 aliphatic heterocycles. The Balaban J connectivity index is 1.77. The van der Waals surface area contributed by atoms with Crippen molar-refractivity contribution in [1.82, 2.24) is 0 Å². The van der Waals surface area contributed by atoms with E-state index < -0.39 is 0 Å². The van der Waals surface area contributed by atoms with E-state index in [-0.39, 0.29) is 0 Å². The molecule has 0 aliphatic rings. The van der Waals surface area contributed by atoms with Crippen molar-refractivity contribution in [3.63, 3.8) is 0 Å². The fourth-order valence-electron chi connectivity index (χ4n) is 3.53. The molecule has 0 saturated heterocycles. The zero-order valence-corrected chi connectivity index (χ0v) is 17.8. The summed E-state index contributed by atoms with van der Waals surface area (Å²) in [6.07, 6.45) is 24.3. The molecule has 0 atom stereocenters. The summed E-state index contributed by atoms with van der Waals surface area (Å²) in [4.78, 5) is 4.45. The number of phenols is 1. The first-order chi connectivity index (χ1) is 13.3. The van der Waals surface area contributed by atoms with Crippen molar-refractivity contribution >= 4 is 6.21 Å². The molecule has 0 bridgehead atoms. The monoisotopic (exact) mass is 373 g/mol. The second-order valence-corrected chi connectivity index (χ2v) is 7.93. The number of rotatable bonds is 18. The molecule has 27 heavy (non-hydrogen) atoms. The molecule has 0 fully saturated rings. The van der Waals surface area contributed by atoms with Crippen LogP contribution in [-0.2, 0) is 0 Å². The molecular weight excluding hydrogens is 330 g/mol. The first-order valence-electron chi connectivity index (χ1n) is 11.6. The molecule has 0 heterocycles. The summed E-state index contributed by atoms with van der Waals surface area (Å²) < 4.78 is 0. The van der Waals surface area contributed by atoms with Crippen LogP contribution in [0.2, 0.25) is 0 Å². The Morgan fingerprint density at radius 1 is 0.704 bits per heavy atom. The summed E-state index contributed by atoms with van der Waals surface area (Å²) in [6.45, 7) is 3.18.